The summed E-state index contributed by atoms with van der Waals surface area (Å²) in [7, 11) is 0. The van der Waals surface area contributed by atoms with Crippen LogP contribution in [0.15, 0.2) is 12.3 Å². The number of aromatic amines is 1. The van der Waals surface area contributed by atoms with Crippen LogP contribution in [0.3, 0.4) is 0 Å². The number of nitrogens with zero attached hydrogens (tertiary/aromatic N) is 1. The highest BCUT2D eigenvalue weighted by Gasteiger charge is 2.33. The van der Waals surface area contributed by atoms with Crippen LogP contribution in [0.2, 0.25) is 0 Å². The van der Waals surface area contributed by atoms with Gasteiger partial charge >= 0.3 is 0 Å². The molecule has 16 heavy (non-hydrogen) atoms. The van der Waals surface area contributed by atoms with E-state index in [1.54, 1.807) is 0 Å². The first-order valence-corrected chi connectivity index (χ1v) is 6.57. The Morgan fingerprint density at radius 1 is 1.50 bits per heavy atom. The van der Waals surface area contributed by atoms with Gasteiger partial charge in [-0.3, -0.25) is 4.90 Å². The predicted octanol–water partition coefficient (Wildman–Crippen LogP) is 3.37. The summed E-state index contributed by atoms with van der Waals surface area (Å²) in [5, 5.41) is 0. The quantitative estimate of drug-likeness (QED) is 0.827. The van der Waals surface area contributed by atoms with Gasteiger partial charge in [0.05, 0.1) is 0 Å². The van der Waals surface area contributed by atoms with E-state index in [2.05, 4.69) is 49.8 Å². The van der Waals surface area contributed by atoms with Crippen LogP contribution in [0.1, 0.15) is 51.4 Å². The second-order valence-electron chi connectivity index (χ2n) is 5.39. The normalized spacial score (nSPS) is 26.1. The summed E-state index contributed by atoms with van der Waals surface area (Å²) in [5.41, 5.74) is 2.99. The fraction of sp³-hybridized carbons (Fsp3) is 0.714. The smallest absolute Gasteiger partial charge is 0.0391 e. The molecule has 2 atom stereocenters. The van der Waals surface area contributed by atoms with Crippen molar-refractivity contribution in [3.8, 4) is 0 Å². The third-order valence-corrected chi connectivity index (χ3v) is 3.72. The minimum Gasteiger partial charge on any atom is -0.365 e. The van der Waals surface area contributed by atoms with Crippen LogP contribution in [0.5, 0.6) is 0 Å². The molecular formula is C14H24N2. The molecule has 0 fully saturated rings. The molecule has 0 unspecified atom stereocenters. The minimum absolute atomic E-state index is 0.602. The maximum atomic E-state index is 3.41. The van der Waals surface area contributed by atoms with Crippen LogP contribution < -0.4 is 0 Å². The molecule has 1 aromatic rings. The number of fused-ring (bicyclic) bond motifs is 1. The van der Waals surface area contributed by atoms with Gasteiger partial charge in [0.15, 0.2) is 0 Å². The number of H-pyrrole nitrogens is 1. The van der Waals surface area contributed by atoms with Crippen molar-refractivity contribution in [3.63, 3.8) is 0 Å². The van der Waals surface area contributed by atoms with Crippen LogP contribution in [0.25, 0.3) is 0 Å². The van der Waals surface area contributed by atoms with Crippen LogP contribution in [0, 0.1) is 5.92 Å². The van der Waals surface area contributed by atoms with Crippen LogP contribution in [0.4, 0.5) is 0 Å². The molecule has 0 amide bonds. The third-order valence-electron chi connectivity index (χ3n) is 3.72. The first-order chi connectivity index (χ1) is 7.65. The monoisotopic (exact) mass is 220 g/mol. The van der Waals surface area contributed by atoms with Crippen LogP contribution in [-0.2, 0) is 6.42 Å². The predicted molar refractivity (Wildman–Crippen MR) is 68.5 cm³/mol. The molecule has 0 aromatic carbocycles. The Morgan fingerprint density at radius 3 is 2.88 bits per heavy atom. The molecule has 1 N–H and O–H groups in total. The Hall–Kier alpha value is -0.760. The topological polar surface area (TPSA) is 19.0 Å². The minimum atomic E-state index is 0.602. The summed E-state index contributed by atoms with van der Waals surface area (Å²) < 4.78 is 0. The van der Waals surface area contributed by atoms with Gasteiger partial charge < -0.3 is 4.98 Å². The van der Waals surface area contributed by atoms with E-state index in [-0.39, 0.29) is 0 Å². The van der Waals surface area contributed by atoms with E-state index in [0.717, 1.165) is 0 Å². The van der Waals surface area contributed by atoms with E-state index in [0.29, 0.717) is 18.0 Å². The van der Waals surface area contributed by atoms with E-state index in [9.17, 15) is 0 Å². The van der Waals surface area contributed by atoms with Crippen molar-refractivity contribution in [3.05, 3.63) is 23.5 Å². The van der Waals surface area contributed by atoms with Gasteiger partial charge in [0.25, 0.3) is 0 Å². The van der Waals surface area contributed by atoms with Crippen molar-refractivity contribution in [2.45, 2.75) is 52.6 Å². The lowest BCUT2D eigenvalue weighted by atomic mass is 9.87. The Morgan fingerprint density at radius 2 is 2.25 bits per heavy atom. The Bertz CT molecular complexity index is 340. The molecule has 0 bridgehead atoms. The second-order valence-corrected chi connectivity index (χ2v) is 5.39. The zero-order chi connectivity index (χ0) is 11.7. The average Bonchev–Trinajstić information content (AvgIpc) is 2.65. The molecule has 0 saturated carbocycles. The SMILES string of the molecule is CCCN1[C@@H](C)Cc2[nH]ccc2[C@H]1C(C)C. The van der Waals surface area contributed by atoms with E-state index >= 15 is 0 Å². The molecule has 0 saturated heterocycles. The largest absolute Gasteiger partial charge is 0.365 e. The number of hydrogen-bond acceptors (Lipinski definition) is 1. The lowest BCUT2D eigenvalue weighted by Crippen LogP contribution is -2.44. The van der Waals surface area contributed by atoms with E-state index < -0.39 is 0 Å². The van der Waals surface area contributed by atoms with Crippen LogP contribution >= 0.6 is 0 Å². The van der Waals surface area contributed by atoms with Gasteiger partial charge in [0, 0.05) is 30.4 Å². The van der Waals surface area contributed by atoms with Crippen LogP contribution in [-0.4, -0.2) is 22.5 Å². The lowest BCUT2D eigenvalue weighted by molar-refractivity contribution is 0.0946. The summed E-state index contributed by atoms with van der Waals surface area (Å²) >= 11 is 0. The van der Waals surface area contributed by atoms with E-state index in [1.165, 1.54) is 30.6 Å². The maximum Gasteiger partial charge on any atom is 0.0391 e. The molecular weight excluding hydrogens is 196 g/mol. The van der Waals surface area contributed by atoms with Gasteiger partial charge in [-0.2, -0.15) is 0 Å². The zero-order valence-corrected chi connectivity index (χ0v) is 11.0. The van der Waals surface area contributed by atoms with E-state index in [1.807, 2.05) is 0 Å². The molecule has 2 nitrogen and oxygen atoms in total. The Kier molecular flexibility index (Phi) is 3.38. The molecule has 0 aliphatic carbocycles. The summed E-state index contributed by atoms with van der Waals surface area (Å²) in [4.78, 5) is 6.09. The summed E-state index contributed by atoms with van der Waals surface area (Å²) in [6.07, 6.45) is 4.51. The van der Waals surface area contributed by atoms with Crippen molar-refractivity contribution in [1.82, 2.24) is 9.88 Å². The summed E-state index contributed by atoms with van der Waals surface area (Å²) in [6.45, 7) is 10.5. The first-order valence-electron chi connectivity index (χ1n) is 6.57. The first kappa shape index (κ1) is 11.7. The average molecular weight is 220 g/mol. The standard InChI is InChI=1S/C14H24N2/c1-5-8-16-11(4)9-13-12(6-7-15-13)14(16)10(2)3/h6-7,10-11,14-15H,5,8-9H2,1-4H3/t11-,14+/m0/s1. The Labute approximate surface area is 99.0 Å². The Balaban J connectivity index is 2.33. The summed E-state index contributed by atoms with van der Waals surface area (Å²) in [5.74, 6) is 0.684. The number of nitrogens with one attached hydrogen (secondary N) is 1. The van der Waals surface area contributed by atoms with Gasteiger partial charge in [0.1, 0.15) is 0 Å². The van der Waals surface area contributed by atoms with Crippen molar-refractivity contribution in [2.24, 2.45) is 5.92 Å². The number of rotatable bonds is 3. The third kappa shape index (κ3) is 1.91. The molecule has 2 heterocycles. The molecule has 1 aliphatic heterocycles. The van der Waals surface area contributed by atoms with Crippen molar-refractivity contribution >= 4 is 0 Å². The van der Waals surface area contributed by atoms with Gasteiger partial charge in [-0.25, -0.2) is 0 Å². The fourth-order valence-corrected chi connectivity index (χ4v) is 3.10. The molecule has 0 spiro atoms. The molecule has 90 valence electrons. The fourth-order valence-electron chi connectivity index (χ4n) is 3.10. The zero-order valence-electron chi connectivity index (χ0n) is 11.0. The van der Waals surface area contributed by atoms with Gasteiger partial charge in [-0.15, -0.1) is 0 Å². The van der Waals surface area contributed by atoms with Crippen molar-refractivity contribution < 1.29 is 0 Å². The van der Waals surface area contributed by atoms with E-state index in [4.69, 9.17) is 0 Å². The molecule has 2 heteroatoms. The summed E-state index contributed by atoms with van der Waals surface area (Å²) in [6, 6.07) is 3.54. The van der Waals surface area contributed by atoms with Gasteiger partial charge in [0.2, 0.25) is 0 Å². The van der Waals surface area contributed by atoms with Crippen molar-refractivity contribution in [2.75, 3.05) is 6.54 Å². The van der Waals surface area contributed by atoms with Crippen molar-refractivity contribution in [1.29, 1.82) is 0 Å². The number of hydrogen-bond donors (Lipinski definition) is 1. The second kappa shape index (κ2) is 4.62. The highest BCUT2D eigenvalue weighted by molar-refractivity contribution is 5.28. The lowest BCUT2D eigenvalue weighted by Gasteiger charge is -2.42. The maximum absolute atomic E-state index is 3.41. The highest BCUT2D eigenvalue weighted by Crippen LogP contribution is 2.37. The molecule has 1 aromatic heterocycles. The van der Waals surface area contributed by atoms with Gasteiger partial charge in [-0.05, 0) is 37.4 Å². The highest BCUT2D eigenvalue weighted by atomic mass is 15.2. The molecule has 2 rings (SSSR count). The van der Waals surface area contributed by atoms with Gasteiger partial charge in [-0.1, -0.05) is 20.8 Å². The molecule has 1 aliphatic rings. The number of aromatic nitrogens is 1. The molecule has 0 radical (unpaired) electrons.